The second-order valence-electron chi connectivity index (χ2n) is 12.8. The Bertz CT molecular complexity index is 735. The SMILES string of the molecule is C/C(=C\[C@@H](C)[C@H]1CCC2C3C(CC[C@@]21C)[C@@]1(C)CC[C@H](O)CC1=C[C@H]3O)[C@H](C)C(C)C. The van der Waals surface area contributed by atoms with Crippen LogP contribution in [0.1, 0.15) is 93.4 Å². The molecule has 4 rings (SSSR count). The molecule has 2 heteroatoms. The van der Waals surface area contributed by atoms with Gasteiger partial charge in [-0.25, -0.2) is 0 Å². The van der Waals surface area contributed by atoms with Crippen molar-refractivity contribution in [2.24, 2.45) is 52.3 Å². The third kappa shape index (κ3) is 3.78. The number of allylic oxidation sites excluding steroid dienone is 2. The van der Waals surface area contributed by atoms with E-state index in [2.05, 4.69) is 60.6 Å². The normalized spacial score (nSPS) is 47.3. The van der Waals surface area contributed by atoms with Crippen molar-refractivity contribution in [1.82, 2.24) is 0 Å². The van der Waals surface area contributed by atoms with Gasteiger partial charge in [0.05, 0.1) is 12.2 Å². The third-order valence-electron chi connectivity index (χ3n) is 11.1. The Balaban J connectivity index is 1.59. The average molecular weight is 429 g/mol. The summed E-state index contributed by atoms with van der Waals surface area (Å²) in [5.74, 6) is 4.30. The molecule has 10 atom stereocenters. The first-order chi connectivity index (χ1) is 14.5. The molecule has 4 aliphatic rings. The van der Waals surface area contributed by atoms with Gasteiger partial charge in [-0.1, -0.05) is 64.8 Å². The molecule has 0 aliphatic heterocycles. The highest BCUT2D eigenvalue weighted by atomic mass is 16.3. The van der Waals surface area contributed by atoms with Crippen LogP contribution >= 0.6 is 0 Å². The van der Waals surface area contributed by atoms with Crippen LogP contribution in [0, 0.1) is 52.3 Å². The average Bonchev–Trinajstić information content (AvgIpc) is 3.05. The maximum atomic E-state index is 11.3. The molecule has 0 aromatic heterocycles. The number of fused-ring (bicyclic) bond motifs is 5. The van der Waals surface area contributed by atoms with Gasteiger partial charge in [-0.05, 0) is 104 Å². The Kier molecular flexibility index (Phi) is 6.32. The molecule has 0 radical (unpaired) electrons. The fourth-order valence-electron chi connectivity index (χ4n) is 8.74. The summed E-state index contributed by atoms with van der Waals surface area (Å²) in [6, 6.07) is 0. The number of hydrogen-bond acceptors (Lipinski definition) is 2. The lowest BCUT2D eigenvalue weighted by Crippen LogP contribution is -2.54. The Morgan fingerprint density at radius 3 is 2.39 bits per heavy atom. The first-order valence-electron chi connectivity index (χ1n) is 13.2. The molecule has 0 saturated heterocycles. The van der Waals surface area contributed by atoms with Gasteiger partial charge in [0, 0.05) is 0 Å². The van der Waals surface area contributed by atoms with E-state index >= 15 is 0 Å². The van der Waals surface area contributed by atoms with E-state index in [4.69, 9.17) is 0 Å². The van der Waals surface area contributed by atoms with Crippen LogP contribution in [0.2, 0.25) is 0 Å². The van der Waals surface area contributed by atoms with Gasteiger partial charge in [0.25, 0.3) is 0 Å². The van der Waals surface area contributed by atoms with Crippen LogP contribution in [0.4, 0.5) is 0 Å². The van der Waals surface area contributed by atoms with E-state index < -0.39 is 0 Å². The van der Waals surface area contributed by atoms with Crippen LogP contribution in [0.3, 0.4) is 0 Å². The summed E-state index contributed by atoms with van der Waals surface area (Å²) in [7, 11) is 0. The van der Waals surface area contributed by atoms with E-state index in [-0.39, 0.29) is 17.6 Å². The van der Waals surface area contributed by atoms with Crippen LogP contribution < -0.4 is 0 Å². The molecular weight excluding hydrogens is 380 g/mol. The molecule has 3 fully saturated rings. The summed E-state index contributed by atoms with van der Waals surface area (Å²) in [5, 5.41) is 21.6. The fourth-order valence-corrected chi connectivity index (χ4v) is 8.74. The zero-order valence-corrected chi connectivity index (χ0v) is 21.2. The van der Waals surface area contributed by atoms with Crippen molar-refractivity contribution < 1.29 is 10.2 Å². The van der Waals surface area contributed by atoms with Gasteiger partial charge in [-0.15, -0.1) is 0 Å². The van der Waals surface area contributed by atoms with Gasteiger partial charge in [0.2, 0.25) is 0 Å². The Morgan fingerprint density at radius 1 is 1.00 bits per heavy atom. The van der Waals surface area contributed by atoms with Gasteiger partial charge >= 0.3 is 0 Å². The predicted molar refractivity (Wildman–Crippen MR) is 130 cm³/mol. The molecular formula is C29H48O2. The summed E-state index contributed by atoms with van der Waals surface area (Å²) in [6.45, 7) is 16.8. The van der Waals surface area contributed by atoms with E-state index in [0.717, 1.165) is 25.2 Å². The molecule has 4 aliphatic carbocycles. The molecule has 2 N–H and O–H groups in total. The largest absolute Gasteiger partial charge is 0.393 e. The lowest BCUT2D eigenvalue weighted by atomic mass is 9.46. The molecule has 31 heavy (non-hydrogen) atoms. The Labute approximate surface area is 191 Å². The maximum absolute atomic E-state index is 11.3. The molecule has 176 valence electrons. The van der Waals surface area contributed by atoms with Gasteiger partial charge in [0.1, 0.15) is 0 Å². The summed E-state index contributed by atoms with van der Waals surface area (Å²) in [4.78, 5) is 0. The van der Waals surface area contributed by atoms with Crippen molar-refractivity contribution in [2.75, 3.05) is 0 Å². The fraction of sp³-hybridized carbons (Fsp3) is 0.862. The standard InChI is InChI=1S/C29H48O2/c1-17(2)20(5)18(3)14-19(4)23-8-9-24-27-25(11-13-29(23,24)7)28(6)12-10-22(30)15-21(28)16-26(27)31/h14,16-17,19-20,22-27,30-31H,8-13,15H2,1-7H3/b18-14+/t19-,20-,22+,23-,24?,25?,26-,27?,28+,29-/m1/s1. The highest BCUT2D eigenvalue weighted by Gasteiger charge is 2.61. The minimum Gasteiger partial charge on any atom is -0.393 e. The second kappa shape index (κ2) is 8.32. The molecule has 0 bridgehead atoms. The van der Waals surface area contributed by atoms with Crippen molar-refractivity contribution in [2.45, 2.75) is 106 Å². The smallest absolute Gasteiger partial charge is 0.0757 e. The summed E-state index contributed by atoms with van der Waals surface area (Å²) < 4.78 is 0. The quantitative estimate of drug-likeness (QED) is 0.485. The lowest BCUT2D eigenvalue weighted by molar-refractivity contribution is -0.0951. The van der Waals surface area contributed by atoms with Crippen molar-refractivity contribution in [3.05, 3.63) is 23.3 Å². The number of aliphatic hydroxyl groups is 2. The Hall–Kier alpha value is -0.600. The first-order valence-corrected chi connectivity index (χ1v) is 13.2. The minimum absolute atomic E-state index is 0.192. The van der Waals surface area contributed by atoms with E-state index in [0.29, 0.717) is 40.9 Å². The van der Waals surface area contributed by atoms with Crippen molar-refractivity contribution >= 4 is 0 Å². The van der Waals surface area contributed by atoms with Crippen LogP contribution in [0.25, 0.3) is 0 Å². The Morgan fingerprint density at radius 2 is 1.71 bits per heavy atom. The summed E-state index contributed by atoms with van der Waals surface area (Å²) >= 11 is 0. The molecule has 2 nitrogen and oxygen atoms in total. The van der Waals surface area contributed by atoms with Crippen molar-refractivity contribution in [3.8, 4) is 0 Å². The first kappa shape index (κ1) is 23.6. The monoisotopic (exact) mass is 428 g/mol. The van der Waals surface area contributed by atoms with Crippen LogP contribution in [0.5, 0.6) is 0 Å². The molecule has 0 spiro atoms. The second-order valence-corrected chi connectivity index (χ2v) is 12.8. The van der Waals surface area contributed by atoms with Crippen LogP contribution in [-0.4, -0.2) is 22.4 Å². The number of hydrogen-bond donors (Lipinski definition) is 2. The van der Waals surface area contributed by atoms with Crippen molar-refractivity contribution in [1.29, 1.82) is 0 Å². The van der Waals surface area contributed by atoms with Gasteiger partial charge in [0.15, 0.2) is 0 Å². The van der Waals surface area contributed by atoms with Gasteiger partial charge in [-0.3, -0.25) is 0 Å². The highest BCUT2D eigenvalue weighted by molar-refractivity contribution is 5.28. The molecule has 0 aromatic rings. The van der Waals surface area contributed by atoms with Gasteiger partial charge in [-0.2, -0.15) is 0 Å². The lowest BCUT2D eigenvalue weighted by Gasteiger charge is -2.59. The molecule has 0 aromatic carbocycles. The van der Waals surface area contributed by atoms with Crippen LogP contribution in [0.15, 0.2) is 23.3 Å². The van der Waals surface area contributed by atoms with Crippen LogP contribution in [-0.2, 0) is 0 Å². The predicted octanol–water partition coefficient (Wildman–Crippen LogP) is 6.77. The maximum Gasteiger partial charge on any atom is 0.0757 e. The number of rotatable bonds is 4. The topological polar surface area (TPSA) is 40.5 Å². The van der Waals surface area contributed by atoms with Crippen molar-refractivity contribution in [3.63, 3.8) is 0 Å². The van der Waals surface area contributed by atoms with E-state index in [9.17, 15) is 10.2 Å². The third-order valence-corrected chi connectivity index (χ3v) is 11.1. The zero-order valence-electron chi connectivity index (χ0n) is 21.2. The highest BCUT2D eigenvalue weighted by Crippen LogP contribution is 2.67. The van der Waals surface area contributed by atoms with E-state index in [1.165, 1.54) is 31.3 Å². The molecule has 0 heterocycles. The number of aliphatic hydroxyl groups excluding tert-OH is 2. The summed E-state index contributed by atoms with van der Waals surface area (Å²) in [5.41, 5.74) is 3.45. The van der Waals surface area contributed by atoms with E-state index in [1.807, 2.05) is 0 Å². The molecule has 3 saturated carbocycles. The minimum atomic E-state index is -0.324. The molecule has 3 unspecified atom stereocenters. The zero-order chi connectivity index (χ0) is 22.7. The van der Waals surface area contributed by atoms with Gasteiger partial charge < -0.3 is 10.2 Å². The summed E-state index contributed by atoms with van der Waals surface area (Å²) in [6.07, 6.45) is 12.2. The molecule has 0 amide bonds. The van der Waals surface area contributed by atoms with E-state index in [1.54, 1.807) is 5.57 Å².